The molecule has 0 aliphatic carbocycles. The SMILES string of the molecule is CCc1ccc(C[NH+](C)CC(=O)NCC(=O)Nc2ccc(F)c(F)c2)cc1. The fourth-order valence-electron chi connectivity index (χ4n) is 2.60. The summed E-state index contributed by atoms with van der Waals surface area (Å²) in [5, 5.41) is 4.93. The number of aryl methyl sites for hydroxylation is 1. The van der Waals surface area contributed by atoms with Gasteiger partial charge in [0.1, 0.15) is 6.54 Å². The molecule has 2 amide bonds. The van der Waals surface area contributed by atoms with Crippen LogP contribution in [-0.2, 0) is 22.6 Å². The van der Waals surface area contributed by atoms with Gasteiger partial charge in [0.2, 0.25) is 5.91 Å². The Balaban J connectivity index is 1.73. The van der Waals surface area contributed by atoms with Crippen LogP contribution in [0, 0.1) is 11.6 Å². The van der Waals surface area contributed by atoms with Crippen molar-refractivity contribution in [1.82, 2.24) is 5.32 Å². The number of rotatable bonds is 8. The summed E-state index contributed by atoms with van der Waals surface area (Å²) in [6, 6.07) is 11.3. The lowest BCUT2D eigenvalue weighted by Gasteiger charge is -2.14. The monoisotopic (exact) mass is 376 g/mol. The number of anilines is 1. The van der Waals surface area contributed by atoms with E-state index in [1.54, 1.807) is 0 Å². The summed E-state index contributed by atoms with van der Waals surface area (Å²) in [7, 11) is 1.90. The number of hydrogen-bond acceptors (Lipinski definition) is 2. The lowest BCUT2D eigenvalue weighted by atomic mass is 10.1. The molecular formula is C20H24F2N3O2+. The van der Waals surface area contributed by atoms with E-state index in [1.807, 2.05) is 7.05 Å². The van der Waals surface area contributed by atoms with Crippen LogP contribution in [-0.4, -0.2) is 32.0 Å². The van der Waals surface area contributed by atoms with Crippen LogP contribution >= 0.6 is 0 Å². The Hall–Kier alpha value is -2.80. The van der Waals surface area contributed by atoms with E-state index < -0.39 is 17.5 Å². The van der Waals surface area contributed by atoms with Gasteiger partial charge < -0.3 is 15.5 Å². The van der Waals surface area contributed by atoms with Crippen molar-refractivity contribution in [3.8, 4) is 0 Å². The number of nitrogens with one attached hydrogen (secondary N) is 3. The van der Waals surface area contributed by atoms with Gasteiger partial charge in [0, 0.05) is 17.3 Å². The van der Waals surface area contributed by atoms with E-state index in [9.17, 15) is 18.4 Å². The highest BCUT2D eigenvalue weighted by Gasteiger charge is 2.12. The molecule has 0 fully saturated rings. The molecular weight excluding hydrogens is 352 g/mol. The molecule has 0 bridgehead atoms. The number of carbonyl (C=O) groups is 2. The van der Waals surface area contributed by atoms with Crippen molar-refractivity contribution in [1.29, 1.82) is 0 Å². The highest BCUT2D eigenvalue weighted by Crippen LogP contribution is 2.12. The number of halogens is 2. The molecule has 0 aromatic heterocycles. The molecule has 7 heteroatoms. The normalized spacial score (nSPS) is 11.7. The first-order valence-electron chi connectivity index (χ1n) is 8.78. The highest BCUT2D eigenvalue weighted by molar-refractivity contribution is 5.94. The Bertz CT molecular complexity index is 794. The van der Waals surface area contributed by atoms with E-state index in [4.69, 9.17) is 0 Å². The smallest absolute Gasteiger partial charge is 0.275 e. The quantitative estimate of drug-likeness (QED) is 0.650. The molecule has 3 N–H and O–H groups in total. The minimum atomic E-state index is -1.05. The van der Waals surface area contributed by atoms with Gasteiger partial charge in [0.25, 0.3) is 5.91 Å². The van der Waals surface area contributed by atoms with E-state index in [1.165, 1.54) is 11.6 Å². The fraction of sp³-hybridized carbons (Fsp3) is 0.300. The average Bonchev–Trinajstić information content (AvgIpc) is 2.63. The number of quaternary nitrogens is 1. The maximum Gasteiger partial charge on any atom is 0.275 e. The Kier molecular flexibility index (Phi) is 7.43. The molecule has 1 atom stereocenters. The van der Waals surface area contributed by atoms with Crippen molar-refractivity contribution in [3.05, 3.63) is 65.2 Å². The van der Waals surface area contributed by atoms with Gasteiger partial charge >= 0.3 is 0 Å². The summed E-state index contributed by atoms with van der Waals surface area (Å²) < 4.78 is 26.0. The number of amides is 2. The summed E-state index contributed by atoms with van der Waals surface area (Å²) >= 11 is 0. The first kappa shape index (κ1) is 20.5. The Morgan fingerprint density at radius 1 is 0.963 bits per heavy atom. The van der Waals surface area contributed by atoms with E-state index in [2.05, 4.69) is 41.8 Å². The maximum absolute atomic E-state index is 13.1. The zero-order valence-electron chi connectivity index (χ0n) is 15.4. The second kappa shape index (κ2) is 9.78. The third-order valence-corrected chi connectivity index (χ3v) is 4.05. The molecule has 5 nitrogen and oxygen atoms in total. The molecule has 0 aliphatic rings. The van der Waals surface area contributed by atoms with Gasteiger partial charge in [-0.3, -0.25) is 9.59 Å². The lowest BCUT2D eigenvalue weighted by Crippen LogP contribution is -3.08. The first-order valence-corrected chi connectivity index (χ1v) is 8.78. The van der Waals surface area contributed by atoms with Crippen LogP contribution in [0.25, 0.3) is 0 Å². The van der Waals surface area contributed by atoms with Gasteiger partial charge in [-0.15, -0.1) is 0 Å². The Morgan fingerprint density at radius 2 is 1.63 bits per heavy atom. The van der Waals surface area contributed by atoms with E-state index >= 15 is 0 Å². The van der Waals surface area contributed by atoms with Crippen LogP contribution in [0.4, 0.5) is 14.5 Å². The maximum atomic E-state index is 13.1. The third kappa shape index (κ3) is 6.79. The summed E-state index contributed by atoms with van der Waals surface area (Å²) in [6.07, 6.45) is 0.984. The molecule has 27 heavy (non-hydrogen) atoms. The van der Waals surface area contributed by atoms with Crippen molar-refractivity contribution in [2.24, 2.45) is 0 Å². The van der Waals surface area contributed by atoms with Gasteiger partial charge in [-0.05, 0) is 24.1 Å². The number of likely N-dealkylation sites (N-methyl/N-ethyl adjacent to an activating group) is 1. The van der Waals surface area contributed by atoms with E-state index in [0.29, 0.717) is 6.54 Å². The van der Waals surface area contributed by atoms with Crippen LogP contribution in [0.3, 0.4) is 0 Å². The Morgan fingerprint density at radius 3 is 2.26 bits per heavy atom. The van der Waals surface area contributed by atoms with Crippen molar-refractivity contribution < 1.29 is 23.3 Å². The largest absolute Gasteiger partial charge is 0.342 e. The van der Waals surface area contributed by atoms with Crippen LogP contribution < -0.4 is 15.5 Å². The molecule has 2 aromatic carbocycles. The minimum Gasteiger partial charge on any atom is -0.342 e. The van der Waals surface area contributed by atoms with Gasteiger partial charge in [0.15, 0.2) is 18.2 Å². The molecule has 0 saturated carbocycles. The molecule has 144 valence electrons. The lowest BCUT2D eigenvalue weighted by molar-refractivity contribution is -0.885. The summed E-state index contributed by atoms with van der Waals surface area (Å²) in [5.41, 5.74) is 2.53. The first-order chi connectivity index (χ1) is 12.9. The number of hydrogen-bond donors (Lipinski definition) is 3. The zero-order chi connectivity index (χ0) is 19.8. The zero-order valence-corrected chi connectivity index (χ0v) is 15.4. The molecule has 2 aromatic rings. The van der Waals surface area contributed by atoms with E-state index in [-0.39, 0.29) is 24.7 Å². The molecule has 0 heterocycles. The summed E-state index contributed by atoms with van der Waals surface area (Å²) in [4.78, 5) is 24.8. The second-order valence-corrected chi connectivity index (χ2v) is 6.43. The summed E-state index contributed by atoms with van der Waals surface area (Å²) in [6.45, 7) is 2.77. The number of benzene rings is 2. The molecule has 1 unspecified atom stereocenters. The third-order valence-electron chi connectivity index (χ3n) is 4.05. The van der Waals surface area contributed by atoms with Crippen LogP contribution in [0.5, 0.6) is 0 Å². The van der Waals surface area contributed by atoms with Gasteiger partial charge in [0.05, 0.1) is 13.6 Å². The molecule has 0 saturated heterocycles. The van der Waals surface area contributed by atoms with Gasteiger partial charge in [-0.1, -0.05) is 31.2 Å². The van der Waals surface area contributed by atoms with Crippen molar-refractivity contribution in [2.45, 2.75) is 19.9 Å². The molecule has 2 rings (SSSR count). The predicted molar refractivity (Wildman–Crippen MR) is 99.3 cm³/mol. The molecule has 0 aliphatic heterocycles. The molecule has 0 spiro atoms. The topological polar surface area (TPSA) is 62.6 Å². The fourth-order valence-corrected chi connectivity index (χ4v) is 2.60. The Labute approximate surface area is 157 Å². The molecule has 0 radical (unpaired) electrons. The average molecular weight is 376 g/mol. The standard InChI is InChI=1S/C20H23F2N3O2/c1-3-14-4-6-15(7-5-14)12-25(2)13-20(27)23-11-19(26)24-16-8-9-17(21)18(22)10-16/h4-10H,3,11-13H2,1-2H3,(H,23,27)(H,24,26)/p+1. The number of carbonyl (C=O) groups excluding carboxylic acids is 2. The van der Waals surface area contributed by atoms with E-state index in [0.717, 1.165) is 29.0 Å². The van der Waals surface area contributed by atoms with Gasteiger partial charge in [-0.2, -0.15) is 0 Å². The van der Waals surface area contributed by atoms with Crippen LogP contribution in [0.15, 0.2) is 42.5 Å². The van der Waals surface area contributed by atoms with Crippen LogP contribution in [0.2, 0.25) is 0 Å². The highest BCUT2D eigenvalue weighted by atomic mass is 19.2. The van der Waals surface area contributed by atoms with Gasteiger partial charge in [-0.25, -0.2) is 8.78 Å². The van der Waals surface area contributed by atoms with Crippen molar-refractivity contribution in [3.63, 3.8) is 0 Å². The van der Waals surface area contributed by atoms with Crippen LogP contribution in [0.1, 0.15) is 18.1 Å². The minimum absolute atomic E-state index is 0.131. The predicted octanol–water partition coefficient (Wildman–Crippen LogP) is 1.30. The second-order valence-electron chi connectivity index (χ2n) is 6.43. The van der Waals surface area contributed by atoms with Crippen molar-refractivity contribution in [2.75, 3.05) is 25.5 Å². The summed E-state index contributed by atoms with van der Waals surface area (Å²) in [5.74, 6) is -2.81. The van der Waals surface area contributed by atoms with Crippen molar-refractivity contribution >= 4 is 17.5 Å².